The van der Waals surface area contributed by atoms with Crippen molar-refractivity contribution in [1.82, 2.24) is 0 Å². The summed E-state index contributed by atoms with van der Waals surface area (Å²) in [5, 5.41) is 50.2. The van der Waals surface area contributed by atoms with Crippen molar-refractivity contribution in [3.63, 3.8) is 0 Å². The van der Waals surface area contributed by atoms with Gasteiger partial charge in [-0.25, -0.2) is 4.57 Å². The number of hydrogen-bond acceptors (Lipinski definition) is 11. The van der Waals surface area contributed by atoms with Crippen molar-refractivity contribution in [3.8, 4) is 0 Å². The van der Waals surface area contributed by atoms with Crippen molar-refractivity contribution >= 4 is 13.8 Å². The van der Waals surface area contributed by atoms with E-state index in [9.17, 15) is 39.8 Å². The van der Waals surface area contributed by atoms with Gasteiger partial charge < -0.3 is 39.9 Å². The molecule has 0 aliphatic heterocycles. The quantitative estimate of drug-likeness (QED) is 0.0148. The number of rotatable bonds is 39. The molecule has 1 saturated carbocycles. The number of hydrogen-bond donors (Lipinski definition) is 6. The van der Waals surface area contributed by atoms with Crippen molar-refractivity contribution in [2.45, 2.75) is 198 Å². The fraction of sp³-hybridized carbons (Fsp3) is 0.667. The Morgan fingerprint density at radius 1 is 0.516 bits per heavy atom. The number of esters is 1. The van der Waals surface area contributed by atoms with Crippen LogP contribution in [0.3, 0.4) is 0 Å². The van der Waals surface area contributed by atoms with Crippen molar-refractivity contribution < 1.29 is 58.3 Å². The number of carbonyl (C=O) groups is 1. The molecule has 1 fully saturated rings. The molecular formula is C51H85O12P. The van der Waals surface area contributed by atoms with Crippen LogP contribution in [0, 0.1) is 0 Å². The molecule has 0 aromatic heterocycles. The Morgan fingerprint density at radius 2 is 0.922 bits per heavy atom. The Bertz CT molecular complexity index is 1420. The smallest absolute Gasteiger partial charge is 0.457 e. The van der Waals surface area contributed by atoms with Gasteiger partial charge in [-0.1, -0.05) is 169 Å². The summed E-state index contributed by atoms with van der Waals surface area (Å²) in [7, 11) is -5.05. The third-order valence-corrected chi connectivity index (χ3v) is 11.5. The minimum absolute atomic E-state index is 0.0546. The number of phosphoric acid groups is 1. The van der Waals surface area contributed by atoms with Crippen LogP contribution >= 0.6 is 7.82 Å². The maximum atomic E-state index is 12.8. The maximum absolute atomic E-state index is 12.8. The lowest BCUT2D eigenvalue weighted by molar-refractivity contribution is -0.220. The molecule has 366 valence electrons. The third-order valence-electron chi connectivity index (χ3n) is 10.5. The van der Waals surface area contributed by atoms with Gasteiger partial charge in [0.25, 0.3) is 0 Å². The van der Waals surface area contributed by atoms with E-state index in [1.165, 1.54) is 57.8 Å². The van der Waals surface area contributed by atoms with Crippen LogP contribution in [0.15, 0.2) is 97.2 Å². The molecule has 0 aromatic rings. The Balaban J connectivity index is 2.43. The van der Waals surface area contributed by atoms with Gasteiger partial charge >= 0.3 is 13.8 Å². The minimum Gasteiger partial charge on any atom is -0.457 e. The van der Waals surface area contributed by atoms with E-state index in [1.54, 1.807) is 6.08 Å². The van der Waals surface area contributed by atoms with E-state index in [0.717, 1.165) is 70.6 Å². The summed E-state index contributed by atoms with van der Waals surface area (Å²) < 4.78 is 34.1. The van der Waals surface area contributed by atoms with E-state index in [4.69, 9.17) is 18.5 Å². The molecular weight excluding hydrogens is 836 g/mol. The number of ether oxygens (including phenoxy) is 2. The average molecular weight is 921 g/mol. The molecule has 0 amide bonds. The van der Waals surface area contributed by atoms with Gasteiger partial charge in [0, 0.05) is 6.61 Å². The van der Waals surface area contributed by atoms with Gasteiger partial charge in [-0.3, -0.25) is 13.8 Å². The summed E-state index contributed by atoms with van der Waals surface area (Å²) in [6, 6.07) is 0. The number of aliphatic hydroxyl groups excluding tert-OH is 5. The molecule has 0 aromatic carbocycles. The summed E-state index contributed by atoms with van der Waals surface area (Å²) in [5.74, 6) is -0.611. The minimum atomic E-state index is -5.05. The first-order chi connectivity index (χ1) is 31.0. The van der Waals surface area contributed by atoms with Gasteiger partial charge in [0.05, 0.1) is 19.6 Å². The lowest BCUT2D eigenvalue weighted by Gasteiger charge is -2.41. The van der Waals surface area contributed by atoms with Gasteiger partial charge in [-0.15, -0.1) is 0 Å². The van der Waals surface area contributed by atoms with Crippen molar-refractivity contribution in [2.24, 2.45) is 0 Å². The van der Waals surface area contributed by atoms with Gasteiger partial charge in [-0.2, -0.15) is 0 Å². The second-order valence-electron chi connectivity index (χ2n) is 16.2. The van der Waals surface area contributed by atoms with Crippen LogP contribution in [0.1, 0.15) is 155 Å². The van der Waals surface area contributed by atoms with Crippen LogP contribution in [0.25, 0.3) is 0 Å². The maximum Gasteiger partial charge on any atom is 0.472 e. The van der Waals surface area contributed by atoms with E-state index < -0.39 is 63.1 Å². The summed E-state index contributed by atoms with van der Waals surface area (Å²) in [6.45, 7) is 3.99. The Labute approximate surface area is 385 Å². The topological polar surface area (TPSA) is 192 Å². The third kappa shape index (κ3) is 32.0. The molecule has 1 rings (SSSR count). The SMILES string of the molecule is CC/C=C\C/C=C\C/C=C\C/C=C\C/C=C\CC(=O)OC(COCCCCCCCCC/C=C\C/C=C\C/C=C\CCCCCCC)COP(=O)(O)OC1C(O)C(O)C(O)C(O)C1O. The molecule has 0 bridgehead atoms. The lowest BCUT2D eigenvalue weighted by Crippen LogP contribution is -2.64. The first-order valence-electron chi connectivity index (χ1n) is 24.1. The number of phosphoric ester groups is 1. The molecule has 1 aliphatic carbocycles. The summed E-state index contributed by atoms with van der Waals surface area (Å²) >= 11 is 0. The lowest BCUT2D eigenvalue weighted by atomic mass is 9.85. The molecule has 0 heterocycles. The predicted molar refractivity (Wildman–Crippen MR) is 257 cm³/mol. The molecule has 0 radical (unpaired) electrons. The summed E-state index contributed by atoms with van der Waals surface area (Å²) in [5.41, 5.74) is 0. The zero-order chi connectivity index (χ0) is 46.9. The predicted octanol–water partition coefficient (Wildman–Crippen LogP) is 10.3. The molecule has 13 heteroatoms. The second-order valence-corrected chi connectivity index (χ2v) is 17.6. The number of unbranched alkanes of at least 4 members (excludes halogenated alkanes) is 12. The van der Waals surface area contributed by atoms with Crippen LogP contribution in [0.4, 0.5) is 0 Å². The number of aliphatic hydroxyl groups is 5. The highest BCUT2D eigenvalue weighted by Crippen LogP contribution is 2.47. The van der Waals surface area contributed by atoms with Crippen LogP contribution in [0.5, 0.6) is 0 Å². The Hall–Kier alpha value is -2.74. The molecule has 6 unspecified atom stereocenters. The van der Waals surface area contributed by atoms with Gasteiger partial charge in [0.1, 0.15) is 42.7 Å². The number of allylic oxidation sites excluding steroid dienone is 15. The van der Waals surface area contributed by atoms with Gasteiger partial charge in [0.2, 0.25) is 0 Å². The van der Waals surface area contributed by atoms with Gasteiger partial charge in [-0.05, 0) is 77.0 Å². The van der Waals surface area contributed by atoms with Crippen molar-refractivity contribution in [2.75, 3.05) is 19.8 Å². The molecule has 1 aliphatic rings. The molecule has 0 spiro atoms. The van der Waals surface area contributed by atoms with E-state index in [-0.39, 0.29) is 13.0 Å². The first kappa shape index (κ1) is 59.3. The Kier molecular flexibility index (Phi) is 37.5. The van der Waals surface area contributed by atoms with Crippen LogP contribution in [-0.4, -0.2) is 98.9 Å². The van der Waals surface area contributed by atoms with Gasteiger partial charge in [0.15, 0.2) is 0 Å². The highest BCUT2D eigenvalue weighted by molar-refractivity contribution is 7.47. The van der Waals surface area contributed by atoms with Crippen LogP contribution < -0.4 is 0 Å². The molecule has 6 N–H and O–H groups in total. The molecule has 64 heavy (non-hydrogen) atoms. The highest BCUT2D eigenvalue weighted by atomic mass is 31.2. The highest BCUT2D eigenvalue weighted by Gasteiger charge is 2.51. The normalized spacial score (nSPS) is 22.6. The van der Waals surface area contributed by atoms with Crippen molar-refractivity contribution in [1.29, 1.82) is 0 Å². The standard InChI is InChI=1S/C51H85O12P/c1-3-5-7-9-11-13-15-17-19-20-21-22-23-24-25-27-29-31-33-35-37-39-41-60-42-44(43-61-64(58,59)63-51-49(56)47(54)46(53)48(55)50(51)57)62-45(52)40-38-36-34-32-30-28-26-18-16-14-12-10-8-6-4-2/h6,8,12,14-15,17-18,20-21,23-24,26,30,32,36,38,44,46-51,53-57H,3-5,7,9-11,13,16,19,22,25,27-29,31,33-35,37,39-43H2,1-2H3,(H,58,59)/b8-6-,14-12-,17-15-,21-20-,24-23-,26-18-,32-30-,38-36-. The van der Waals surface area contributed by atoms with Crippen LogP contribution in [0.2, 0.25) is 0 Å². The number of carbonyl (C=O) groups excluding carboxylic acids is 1. The van der Waals surface area contributed by atoms with E-state index in [1.807, 2.05) is 18.2 Å². The second kappa shape index (κ2) is 40.5. The van der Waals surface area contributed by atoms with E-state index >= 15 is 0 Å². The Morgan fingerprint density at radius 3 is 1.41 bits per heavy atom. The molecule has 6 atom stereocenters. The molecule has 0 saturated heterocycles. The first-order valence-corrected chi connectivity index (χ1v) is 25.6. The van der Waals surface area contributed by atoms with Crippen molar-refractivity contribution in [3.05, 3.63) is 97.2 Å². The largest absolute Gasteiger partial charge is 0.472 e. The monoisotopic (exact) mass is 921 g/mol. The zero-order valence-corrected chi connectivity index (χ0v) is 39.9. The fourth-order valence-electron chi connectivity index (χ4n) is 6.67. The fourth-order valence-corrected chi connectivity index (χ4v) is 7.64. The van der Waals surface area contributed by atoms with E-state index in [2.05, 4.69) is 86.8 Å². The summed E-state index contributed by atoms with van der Waals surface area (Å²) in [6.07, 6.45) is 43.6. The van der Waals surface area contributed by atoms with Crippen LogP contribution in [-0.2, 0) is 27.9 Å². The molecule has 12 nitrogen and oxygen atoms in total. The van der Waals surface area contributed by atoms with E-state index in [0.29, 0.717) is 13.0 Å². The summed E-state index contributed by atoms with van der Waals surface area (Å²) in [4.78, 5) is 23.1. The zero-order valence-electron chi connectivity index (χ0n) is 39.0. The average Bonchev–Trinajstić information content (AvgIpc) is 3.28.